The lowest BCUT2D eigenvalue weighted by Crippen LogP contribution is -2.41. The van der Waals surface area contributed by atoms with Crippen molar-refractivity contribution >= 4 is 22.8 Å². The van der Waals surface area contributed by atoms with E-state index in [1.54, 1.807) is 12.1 Å². The lowest BCUT2D eigenvalue weighted by molar-refractivity contribution is -0.148. The minimum absolute atomic E-state index is 0.0860. The van der Waals surface area contributed by atoms with Crippen LogP contribution in [-0.2, 0) is 16.1 Å². The first-order valence-corrected chi connectivity index (χ1v) is 7.96. The molecule has 2 aromatic rings. The molecule has 0 aliphatic carbocycles. The van der Waals surface area contributed by atoms with Crippen LogP contribution in [0.5, 0.6) is 0 Å². The molecule has 24 heavy (non-hydrogen) atoms. The number of para-hydroxylation sites is 1. The summed E-state index contributed by atoms with van der Waals surface area (Å²) in [5.41, 5.74) is 1.40. The Morgan fingerprint density at radius 1 is 1.38 bits per heavy atom. The predicted octanol–water partition coefficient (Wildman–Crippen LogP) is 1.17. The molecule has 2 heterocycles. The fourth-order valence-electron chi connectivity index (χ4n) is 3.18. The summed E-state index contributed by atoms with van der Waals surface area (Å²) >= 11 is 0. The largest absolute Gasteiger partial charge is 0.480 e. The van der Waals surface area contributed by atoms with Gasteiger partial charge in [-0.05, 0) is 31.4 Å². The average molecular weight is 329 g/mol. The Bertz CT molecular complexity index is 859. The molecule has 0 unspecified atom stereocenters. The van der Waals surface area contributed by atoms with E-state index in [0.717, 1.165) is 5.56 Å². The van der Waals surface area contributed by atoms with E-state index >= 15 is 0 Å². The fourth-order valence-corrected chi connectivity index (χ4v) is 3.18. The number of aliphatic carboxylic acids is 1. The second-order valence-electron chi connectivity index (χ2n) is 6.05. The Labute approximate surface area is 138 Å². The van der Waals surface area contributed by atoms with E-state index in [9.17, 15) is 14.4 Å². The number of carboxylic acids is 1. The van der Waals surface area contributed by atoms with Gasteiger partial charge in [0.25, 0.3) is 5.56 Å². The minimum atomic E-state index is -0.971. The van der Waals surface area contributed by atoms with Gasteiger partial charge in [-0.2, -0.15) is 0 Å². The van der Waals surface area contributed by atoms with Crippen molar-refractivity contribution in [3.05, 3.63) is 40.4 Å². The van der Waals surface area contributed by atoms with Gasteiger partial charge in [-0.15, -0.1) is 0 Å². The van der Waals surface area contributed by atoms with Crippen LogP contribution in [0.25, 0.3) is 10.9 Å². The normalized spacial score (nSPS) is 17.4. The molecule has 1 amide bonds. The van der Waals surface area contributed by atoms with E-state index in [-0.39, 0.29) is 24.4 Å². The van der Waals surface area contributed by atoms with Crippen molar-refractivity contribution in [3.8, 4) is 0 Å². The standard InChI is InChI=1S/C17H19N3O4/c1-11-4-2-5-12-15(11)18-10-19(16(12)22)9-7-14(21)20-8-3-6-13(20)17(23)24/h2,4-5,10,13H,3,6-9H2,1H3,(H,23,24)/t13-/m1/s1. The van der Waals surface area contributed by atoms with Gasteiger partial charge in [0.2, 0.25) is 5.91 Å². The number of hydrogen-bond donors (Lipinski definition) is 1. The number of nitrogens with zero attached hydrogens (tertiary/aromatic N) is 3. The number of carboxylic acid groups (broad SMARTS) is 1. The van der Waals surface area contributed by atoms with E-state index in [0.29, 0.717) is 30.3 Å². The maximum absolute atomic E-state index is 12.5. The third-order valence-electron chi connectivity index (χ3n) is 4.48. The van der Waals surface area contributed by atoms with E-state index < -0.39 is 12.0 Å². The number of fused-ring (bicyclic) bond motifs is 1. The molecule has 1 fully saturated rings. The van der Waals surface area contributed by atoms with Crippen LogP contribution in [0.3, 0.4) is 0 Å². The van der Waals surface area contributed by atoms with Crippen molar-refractivity contribution in [1.29, 1.82) is 0 Å². The van der Waals surface area contributed by atoms with Crippen LogP contribution in [0, 0.1) is 6.92 Å². The fraction of sp³-hybridized carbons (Fsp3) is 0.412. The zero-order valence-corrected chi connectivity index (χ0v) is 13.4. The van der Waals surface area contributed by atoms with Crippen LogP contribution in [-0.4, -0.2) is 44.0 Å². The molecule has 0 bridgehead atoms. The minimum Gasteiger partial charge on any atom is -0.480 e. The quantitative estimate of drug-likeness (QED) is 0.909. The maximum Gasteiger partial charge on any atom is 0.326 e. The number of carbonyl (C=O) groups excluding carboxylic acids is 1. The number of likely N-dealkylation sites (tertiary alicyclic amines) is 1. The highest BCUT2D eigenvalue weighted by atomic mass is 16.4. The second kappa shape index (κ2) is 6.43. The highest BCUT2D eigenvalue weighted by molar-refractivity contribution is 5.84. The van der Waals surface area contributed by atoms with Gasteiger partial charge in [-0.1, -0.05) is 12.1 Å². The molecule has 0 spiro atoms. The maximum atomic E-state index is 12.5. The van der Waals surface area contributed by atoms with E-state index in [1.807, 2.05) is 13.0 Å². The van der Waals surface area contributed by atoms with Gasteiger partial charge in [-0.3, -0.25) is 14.2 Å². The van der Waals surface area contributed by atoms with Crippen LogP contribution < -0.4 is 5.56 Å². The zero-order valence-electron chi connectivity index (χ0n) is 13.4. The van der Waals surface area contributed by atoms with Crippen molar-refractivity contribution < 1.29 is 14.7 Å². The molecule has 7 nitrogen and oxygen atoms in total. The van der Waals surface area contributed by atoms with E-state index in [1.165, 1.54) is 15.8 Å². The lowest BCUT2D eigenvalue weighted by Gasteiger charge is -2.21. The smallest absolute Gasteiger partial charge is 0.326 e. The van der Waals surface area contributed by atoms with Crippen molar-refractivity contribution in [3.63, 3.8) is 0 Å². The van der Waals surface area contributed by atoms with Crippen molar-refractivity contribution in [1.82, 2.24) is 14.5 Å². The van der Waals surface area contributed by atoms with Crippen LogP contribution in [0.2, 0.25) is 0 Å². The van der Waals surface area contributed by atoms with Crippen molar-refractivity contribution in [2.24, 2.45) is 0 Å². The third-order valence-corrected chi connectivity index (χ3v) is 4.48. The monoisotopic (exact) mass is 329 g/mol. The number of aryl methyl sites for hydroxylation is 2. The zero-order chi connectivity index (χ0) is 17.3. The third kappa shape index (κ3) is 2.89. The van der Waals surface area contributed by atoms with Gasteiger partial charge in [0.05, 0.1) is 17.2 Å². The Morgan fingerprint density at radius 3 is 2.92 bits per heavy atom. The van der Waals surface area contributed by atoms with Crippen molar-refractivity contribution in [2.75, 3.05) is 6.54 Å². The molecule has 1 aliphatic rings. The molecule has 3 rings (SSSR count). The van der Waals surface area contributed by atoms with Crippen LogP contribution in [0.1, 0.15) is 24.8 Å². The average Bonchev–Trinajstić information content (AvgIpc) is 3.05. The number of rotatable bonds is 4. The molecule has 1 N–H and O–H groups in total. The van der Waals surface area contributed by atoms with Gasteiger partial charge in [0.15, 0.2) is 0 Å². The first kappa shape index (κ1) is 16.2. The number of amides is 1. The van der Waals surface area contributed by atoms with E-state index in [4.69, 9.17) is 5.11 Å². The van der Waals surface area contributed by atoms with E-state index in [2.05, 4.69) is 4.98 Å². The Hall–Kier alpha value is -2.70. The van der Waals surface area contributed by atoms with Crippen LogP contribution >= 0.6 is 0 Å². The summed E-state index contributed by atoms with van der Waals surface area (Å²) in [6, 6.07) is 4.67. The molecule has 1 aromatic heterocycles. The summed E-state index contributed by atoms with van der Waals surface area (Å²) in [6.45, 7) is 2.54. The highest BCUT2D eigenvalue weighted by Gasteiger charge is 2.33. The van der Waals surface area contributed by atoms with Gasteiger partial charge >= 0.3 is 5.97 Å². The summed E-state index contributed by atoms with van der Waals surface area (Å²) in [5, 5.41) is 9.67. The first-order chi connectivity index (χ1) is 11.5. The molecule has 1 saturated heterocycles. The van der Waals surface area contributed by atoms with Gasteiger partial charge in [0.1, 0.15) is 6.04 Å². The lowest BCUT2D eigenvalue weighted by atomic mass is 10.1. The SMILES string of the molecule is Cc1cccc2c(=O)n(CCC(=O)N3CCC[C@@H]3C(=O)O)cnc12. The van der Waals surface area contributed by atoms with Crippen LogP contribution in [0.4, 0.5) is 0 Å². The number of hydrogen-bond acceptors (Lipinski definition) is 4. The first-order valence-electron chi connectivity index (χ1n) is 7.96. The van der Waals surface area contributed by atoms with Gasteiger partial charge < -0.3 is 10.0 Å². The Morgan fingerprint density at radius 2 is 2.17 bits per heavy atom. The topological polar surface area (TPSA) is 92.5 Å². The number of benzene rings is 1. The van der Waals surface area contributed by atoms with Crippen LogP contribution in [0.15, 0.2) is 29.3 Å². The summed E-state index contributed by atoms with van der Waals surface area (Å²) in [5.74, 6) is -1.21. The molecule has 126 valence electrons. The summed E-state index contributed by atoms with van der Waals surface area (Å²) in [4.78, 5) is 41.6. The summed E-state index contributed by atoms with van der Waals surface area (Å²) in [6.07, 6.45) is 2.71. The molecule has 7 heteroatoms. The summed E-state index contributed by atoms with van der Waals surface area (Å²) in [7, 11) is 0. The number of carbonyl (C=O) groups is 2. The molecule has 1 aromatic carbocycles. The molecule has 0 radical (unpaired) electrons. The van der Waals surface area contributed by atoms with Gasteiger partial charge in [-0.25, -0.2) is 9.78 Å². The molecule has 1 aliphatic heterocycles. The van der Waals surface area contributed by atoms with Crippen molar-refractivity contribution in [2.45, 2.75) is 38.8 Å². The molecular weight excluding hydrogens is 310 g/mol. The molecular formula is C17H19N3O4. The Balaban J connectivity index is 1.76. The second-order valence-corrected chi connectivity index (χ2v) is 6.05. The molecule has 1 atom stereocenters. The Kier molecular flexibility index (Phi) is 4.33. The van der Waals surface area contributed by atoms with Gasteiger partial charge in [0, 0.05) is 19.5 Å². The highest BCUT2D eigenvalue weighted by Crippen LogP contribution is 2.18. The molecule has 0 saturated carbocycles. The predicted molar refractivity (Wildman–Crippen MR) is 87.7 cm³/mol. The summed E-state index contributed by atoms with van der Waals surface area (Å²) < 4.78 is 1.41. The number of aromatic nitrogens is 2.